The molecular weight excluding hydrogens is 412 g/mol. The first-order valence-corrected chi connectivity index (χ1v) is 9.67. The van der Waals surface area contributed by atoms with Crippen LogP contribution in [0.15, 0.2) is 33.1 Å². The van der Waals surface area contributed by atoms with E-state index >= 15 is 0 Å². The van der Waals surface area contributed by atoms with Gasteiger partial charge in [-0.05, 0) is 24.3 Å². The molecule has 0 spiro atoms. The number of nitrogens with one attached hydrogen (secondary N) is 2. The maximum Gasteiger partial charge on any atom is 0.234 e. The third kappa shape index (κ3) is 5.88. The number of carbonyl (C=O) groups excluding carboxylic acids is 2. The highest BCUT2D eigenvalue weighted by atomic mass is 79.9. The second kappa shape index (κ2) is 8.09. The van der Waals surface area contributed by atoms with E-state index in [0.29, 0.717) is 9.47 Å². The standard InChI is InChI=1S/C15H17BrN4O2S2/c1-15(2,3)12(22)18-13-19-20-14(24-13)23-8-11(21)17-10-6-4-9(16)5-7-10/h4-7H,8H2,1-3H3,(H,17,21)(H,18,19,22). The summed E-state index contributed by atoms with van der Waals surface area (Å²) in [5.74, 6) is -0.0289. The monoisotopic (exact) mass is 428 g/mol. The second-order valence-corrected chi connectivity index (χ2v) is 9.04. The zero-order valence-electron chi connectivity index (χ0n) is 13.4. The van der Waals surface area contributed by atoms with Crippen molar-refractivity contribution in [2.75, 3.05) is 16.4 Å². The van der Waals surface area contributed by atoms with E-state index in [1.54, 1.807) is 0 Å². The third-order valence-corrected chi connectivity index (χ3v) is 5.26. The zero-order chi connectivity index (χ0) is 17.7. The summed E-state index contributed by atoms with van der Waals surface area (Å²) < 4.78 is 1.58. The van der Waals surface area contributed by atoms with Gasteiger partial charge in [0.2, 0.25) is 16.9 Å². The fraction of sp³-hybridized carbons (Fsp3) is 0.333. The van der Waals surface area contributed by atoms with Crippen LogP contribution in [-0.4, -0.2) is 27.8 Å². The summed E-state index contributed by atoms with van der Waals surface area (Å²) in [5.41, 5.74) is 0.239. The number of hydrogen-bond donors (Lipinski definition) is 2. The van der Waals surface area contributed by atoms with Crippen molar-refractivity contribution in [1.29, 1.82) is 0 Å². The normalized spacial score (nSPS) is 11.2. The number of anilines is 2. The van der Waals surface area contributed by atoms with Gasteiger partial charge in [0, 0.05) is 15.6 Å². The van der Waals surface area contributed by atoms with Gasteiger partial charge >= 0.3 is 0 Å². The summed E-state index contributed by atoms with van der Waals surface area (Å²) in [6.45, 7) is 5.47. The summed E-state index contributed by atoms with van der Waals surface area (Å²) in [4.78, 5) is 23.8. The van der Waals surface area contributed by atoms with E-state index in [2.05, 4.69) is 36.8 Å². The lowest BCUT2D eigenvalue weighted by atomic mass is 9.96. The molecule has 2 N–H and O–H groups in total. The Bertz CT molecular complexity index is 726. The number of thioether (sulfide) groups is 1. The molecule has 1 aromatic carbocycles. The highest BCUT2D eigenvalue weighted by Gasteiger charge is 2.22. The number of carbonyl (C=O) groups is 2. The number of halogens is 1. The molecule has 128 valence electrons. The predicted octanol–water partition coefficient (Wildman–Crippen LogP) is 4.02. The smallest absolute Gasteiger partial charge is 0.234 e. The summed E-state index contributed by atoms with van der Waals surface area (Å²) in [5, 5.41) is 13.9. The van der Waals surface area contributed by atoms with Crippen LogP contribution in [0.2, 0.25) is 0 Å². The molecule has 0 aliphatic carbocycles. The zero-order valence-corrected chi connectivity index (χ0v) is 16.6. The van der Waals surface area contributed by atoms with Crippen molar-refractivity contribution in [3.8, 4) is 0 Å². The van der Waals surface area contributed by atoms with Crippen molar-refractivity contribution in [3.05, 3.63) is 28.7 Å². The molecule has 1 aromatic heterocycles. The van der Waals surface area contributed by atoms with Crippen LogP contribution >= 0.6 is 39.0 Å². The van der Waals surface area contributed by atoms with Crippen LogP contribution in [-0.2, 0) is 9.59 Å². The summed E-state index contributed by atoms with van der Waals surface area (Å²) in [6.07, 6.45) is 0. The van der Waals surface area contributed by atoms with Crippen LogP contribution in [0.5, 0.6) is 0 Å². The van der Waals surface area contributed by atoms with Crippen molar-refractivity contribution in [3.63, 3.8) is 0 Å². The molecule has 0 fully saturated rings. The molecule has 0 saturated heterocycles. The molecule has 2 amide bonds. The van der Waals surface area contributed by atoms with Gasteiger partial charge < -0.3 is 10.6 Å². The number of hydrogen-bond acceptors (Lipinski definition) is 6. The van der Waals surface area contributed by atoms with Gasteiger partial charge in [-0.2, -0.15) is 0 Å². The molecule has 0 saturated carbocycles. The molecule has 9 heteroatoms. The summed E-state index contributed by atoms with van der Waals surface area (Å²) in [7, 11) is 0. The Morgan fingerprint density at radius 2 is 1.83 bits per heavy atom. The highest BCUT2D eigenvalue weighted by Crippen LogP contribution is 2.27. The number of rotatable bonds is 5. The quantitative estimate of drug-likeness (QED) is 0.554. The number of aromatic nitrogens is 2. The van der Waals surface area contributed by atoms with Gasteiger partial charge in [-0.3, -0.25) is 9.59 Å². The van der Waals surface area contributed by atoms with E-state index in [4.69, 9.17) is 0 Å². The van der Waals surface area contributed by atoms with Crippen LogP contribution < -0.4 is 10.6 Å². The fourth-order valence-electron chi connectivity index (χ4n) is 1.46. The number of nitrogens with zero attached hydrogens (tertiary/aromatic N) is 2. The minimum Gasteiger partial charge on any atom is -0.325 e. The van der Waals surface area contributed by atoms with Crippen molar-refractivity contribution < 1.29 is 9.59 Å². The Kier molecular flexibility index (Phi) is 6.36. The van der Waals surface area contributed by atoms with Crippen LogP contribution in [0.4, 0.5) is 10.8 Å². The lowest BCUT2D eigenvalue weighted by Crippen LogP contribution is -2.27. The van der Waals surface area contributed by atoms with Crippen molar-refractivity contribution in [2.24, 2.45) is 5.41 Å². The molecule has 6 nitrogen and oxygen atoms in total. The van der Waals surface area contributed by atoms with E-state index in [1.165, 1.54) is 23.1 Å². The lowest BCUT2D eigenvalue weighted by Gasteiger charge is -2.15. The third-order valence-electron chi connectivity index (χ3n) is 2.76. The van der Waals surface area contributed by atoms with E-state index in [-0.39, 0.29) is 17.6 Å². The highest BCUT2D eigenvalue weighted by molar-refractivity contribution is 9.10. The van der Waals surface area contributed by atoms with Gasteiger partial charge in [-0.15, -0.1) is 10.2 Å². The summed E-state index contributed by atoms with van der Waals surface area (Å²) >= 11 is 5.87. The predicted molar refractivity (Wildman–Crippen MR) is 101 cm³/mol. The maximum atomic E-state index is 11.9. The van der Waals surface area contributed by atoms with Gasteiger partial charge in [-0.25, -0.2) is 0 Å². The maximum absolute atomic E-state index is 11.9. The lowest BCUT2D eigenvalue weighted by molar-refractivity contribution is -0.123. The molecule has 0 atom stereocenters. The Labute approximate surface area is 157 Å². The Hall–Kier alpha value is -1.45. The summed E-state index contributed by atoms with van der Waals surface area (Å²) in [6, 6.07) is 7.35. The van der Waals surface area contributed by atoms with Crippen LogP contribution in [0.3, 0.4) is 0 Å². The molecule has 0 bridgehead atoms. The number of amides is 2. The molecule has 1 heterocycles. The van der Waals surface area contributed by atoms with Gasteiger partial charge in [0.15, 0.2) is 4.34 Å². The van der Waals surface area contributed by atoms with E-state index in [9.17, 15) is 9.59 Å². The van der Waals surface area contributed by atoms with Crippen LogP contribution in [0, 0.1) is 5.41 Å². The van der Waals surface area contributed by atoms with Crippen molar-refractivity contribution in [1.82, 2.24) is 10.2 Å². The Balaban J connectivity index is 1.83. The van der Waals surface area contributed by atoms with Crippen LogP contribution in [0.25, 0.3) is 0 Å². The average Bonchev–Trinajstić information content (AvgIpc) is 2.94. The largest absolute Gasteiger partial charge is 0.325 e. The van der Waals surface area contributed by atoms with Crippen molar-refractivity contribution >= 4 is 61.7 Å². The second-order valence-electron chi connectivity index (χ2n) is 5.92. The van der Waals surface area contributed by atoms with E-state index < -0.39 is 5.41 Å². The SMILES string of the molecule is CC(C)(C)C(=O)Nc1nnc(SCC(=O)Nc2ccc(Br)cc2)s1. The Morgan fingerprint density at radius 1 is 1.17 bits per heavy atom. The average molecular weight is 429 g/mol. The molecule has 0 radical (unpaired) electrons. The minimum atomic E-state index is -0.496. The van der Waals surface area contributed by atoms with E-state index in [1.807, 2.05) is 45.0 Å². The number of benzene rings is 1. The first-order valence-electron chi connectivity index (χ1n) is 7.07. The van der Waals surface area contributed by atoms with Gasteiger partial charge in [0.25, 0.3) is 0 Å². The molecule has 0 aliphatic rings. The first kappa shape index (κ1) is 18.9. The molecule has 0 aliphatic heterocycles. The molecule has 2 rings (SSSR count). The Morgan fingerprint density at radius 3 is 2.46 bits per heavy atom. The topological polar surface area (TPSA) is 84.0 Å². The van der Waals surface area contributed by atoms with Crippen molar-refractivity contribution in [2.45, 2.75) is 25.1 Å². The molecule has 24 heavy (non-hydrogen) atoms. The van der Waals surface area contributed by atoms with Gasteiger partial charge in [0.1, 0.15) is 0 Å². The minimum absolute atomic E-state index is 0.122. The fourth-order valence-corrected chi connectivity index (χ4v) is 3.27. The first-order chi connectivity index (χ1) is 11.2. The van der Waals surface area contributed by atoms with Crippen LogP contribution in [0.1, 0.15) is 20.8 Å². The van der Waals surface area contributed by atoms with Gasteiger partial charge in [0.05, 0.1) is 5.75 Å². The molecular formula is C15H17BrN4O2S2. The van der Waals surface area contributed by atoms with Gasteiger partial charge in [-0.1, -0.05) is 59.8 Å². The van der Waals surface area contributed by atoms with E-state index in [0.717, 1.165) is 10.2 Å². The molecule has 0 unspecified atom stereocenters. The molecule has 2 aromatic rings.